The van der Waals surface area contributed by atoms with E-state index in [1.807, 2.05) is 30.4 Å². The zero-order valence-electron chi connectivity index (χ0n) is 17.4. The van der Waals surface area contributed by atoms with Crippen LogP contribution in [-0.2, 0) is 20.9 Å². The smallest absolute Gasteiger partial charge is 0.234 e. The first-order chi connectivity index (χ1) is 14.4. The van der Waals surface area contributed by atoms with Crippen LogP contribution in [0.25, 0.3) is 0 Å². The van der Waals surface area contributed by atoms with Crippen LogP contribution in [0.5, 0.6) is 0 Å². The first-order valence-electron chi connectivity index (χ1n) is 10.4. The summed E-state index contributed by atoms with van der Waals surface area (Å²) in [5.74, 6) is -0.673. The summed E-state index contributed by atoms with van der Waals surface area (Å²) in [4.78, 5) is 30.2. The zero-order chi connectivity index (χ0) is 21.0. The minimum absolute atomic E-state index is 0.0348. The molecule has 2 bridgehead atoms. The Labute approximate surface area is 175 Å². The Morgan fingerprint density at radius 1 is 1.33 bits per heavy atom. The number of amides is 2. The van der Waals surface area contributed by atoms with Gasteiger partial charge in [-0.3, -0.25) is 14.7 Å². The molecule has 1 aromatic heterocycles. The van der Waals surface area contributed by atoms with Crippen LogP contribution in [-0.4, -0.2) is 52.2 Å². The molecule has 156 valence electrons. The van der Waals surface area contributed by atoms with Crippen molar-refractivity contribution in [2.45, 2.75) is 38.0 Å². The maximum Gasteiger partial charge on any atom is 0.234 e. The summed E-state index contributed by atoms with van der Waals surface area (Å²) in [6.07, 6.45) is 5.25. The fraction of sp³-hybridized carbons (Fsp3) is 0.435. The van der Waals surface area contributed by atoms with Gasteiger partial charge >= 0.3 is 0 Å². The molecule has 1 aromatic carbocycles. The molecule has 0 unspecified atom stereocenters. The Kier molecular flexibility index (Phi) is 4.32. The zero-order valence-corrected chi connectivity index (χ0v) is 17.4. The topological polar surface area (TPSA) is 78.5 Å². The van der Waals surface area contributed by atoms with E-state index in [9.17, 15) is 9.59 Å². The van der Waals surface area contributed by atoms with Gasteiger partial charge in [0.1, 0.15) is 5.60 Å². The van der Waals surface area contributed by atoms with Crippen molar-refractivity contribution >= 4 is 17.5 Å². The van der Waals surface area contributed by atoms with Crippen LogP contribution in [0.3, 0.4) is 0 Å². The third-order valence-electron chi connectivity index (χ3n) is 6.60. The van der Waals surface area contributed by atoms with Gasteiger partial charge in [0.2, 0.25) is 11.8 Å². The molecular formula is C23H26N4O3. The van der Waals surface area contributed by atoms with Gasteiger partial charge in [0, 0.05) is 18.9 Å². The fourth-order valence-electron chi connectivity index (χ4n) is 5.00. The summed E-state index contributed by atoms with van der Waals surface area (Å²) >= 11 is 0. The highest BCUT2D eigenvalue weighted by Gasteiger charge is 2.67. The van der Waals surface area contributed by atoms with E-state index in [2.05, 4.69) is 36.2 Å². The molecule has 2 saturated heterocycles. The van der Waals surface area contributed by atoms with Gasteiger partial charge in [-0.1, -0.05) is 38.1 Å². The van der Waals surface area contributed by atoms with E-state index >= 15 is 0 Å². The average molecular weight is 406 g/mol. The lowest BCUT2D eigenvalue weighted by atomic mass is 9.76. The van der Waals surface area contributed by atoms with Crippen molar-refractivity contribution in [3.8, 4) is 0 Å². The van der Waals surface area contributed by atoms with Gasteiger partial charge in [0.15, 0.2) is 0 Å². The number of benzene rings is 1. The molecule has 2 aromatic rings. The standard InChI is InChI=1S/C23H26N4O3/c1-14(2)15-4-6-17(7-5-15)27-13-23-10-8-18(30-23)19(20(23)22(27)29)21(28)26(3)12-16-9-11-24-25-16/h4-11,14,18-20H,12-13H2,1-3H3,(H,24,25)/t18-,19+,20+,23-/m0/s1. The van der Waals surface area contributed by atoms with Gasteiger partial charge in [-0.25, -0.2) is 0 Å². The summed E-state index contributed by atoms with van der Waals surface area (Å²) in [5, 5.41) is 6.81. The Morgan fingerprint density at radius 2 is 2.10 bits per heavy atom. The molecule has 3 aliphatic heterocycles. The molecule has 7 nitrogen and oxygen atoms in total. The molecule has 0 aliphatic carbocycles. The van der Waals surface area contributed by atoms with E-state index in [0.717, 1.165) is 11.4 Å². The number of hydrogen-bond donors (Lipinski definition) is 1. The molecule has 1 spiro atoms. The summed E-state index contributed by atoms with van der Waals surface area (Å²) in [5.41, 5.74) is 2.22. The number of H-pyrrole nitrogens is 1. The lowest BCUT2D eigenvalue weighted by molar-refractivity contribution is -0.139. The van der Waals surface area contributed by atoms with E-state index < -0.39 is 17.4 Å². The first kappa shape index (κ1) is 19.1. The molecule has 4 heterocycles. The monoisotopic (exact) mass is 406 g/mol. The van der Waals surface area contributed by atoms with E-state index in [-0.39, 0.29) is 17.9 Å². The van der Waals surface area contributed by atoms with Crippen molar-refractivity contribution in [1.82, 2.24) is 15.1 Å². The van der Waals surface area contributed by atoms with Gasteiger partial charge in [0.05, 0.1) is 36.7 Å². The number of carbonyl (C=O) groups is 2. The highest BCUT2D eigenvalue weighted by Crippen LogP contribution is 2.53. The second-order valence-electron chi connectivity index (χ2n) is 8.85. The average Bonchev–Trinajstić information content (AvgIpc) is 3.50. The van der Waals surface area contributed by atoms with E-state index in [4.69, 9.17) is 4.74 Å². The van der Waals surface area contributed by atoms with E-state index in [1.165, 1.54) is 5.56 Å². The normalized spacial score (nSPS) is 29.1. The third-order valence-corrected chi connectivity index (χ3v) is 6.60. The van der Waals surface area contributed by atoms with Crippen molar-refractivity contribution in [2.24, 2.45) is 11.8 Å². The van der Waals surface area contributed by atoms with Crippen LogP contribution in [0, 0.1) is 11.8 Å². The number of anilines is 1. The minimum atomic E-state index is -0.715. The van der Waals surface area contributed by atoms with Crippen LogP contribution in [0.2, 0.25) is 0 Å². The first-order valence-corrected chi connectivity index (χ1v) is 10.4. The lowest BCUT2D eigenvalue weighted by Crippen LogP contribution is -2.44. The third kappa shape index (κ3) is 2.80. The summed E-state index contributed by atoms with van der Waals surface area (Å²) < 4.78 is 6.25. The Balaban J connectivity index is 1.40. The van der Waals surface area contributed by atoms with Crippen molar-refractivity contribution < 1.29 is 14.3 Å². The van der Waals surface area contributed by atoms with Crippen LogP contribution in [0.15, 0.2) is 48.7 Å². The van der Waals surface area contributed by atoms with Crippen LogP contribution < -0.4 is 4.90 Å². The molecule has 7 heteroatoms. The minimum Gasteiger partial charge on any atom is -0.360 e. The predicted molar refractivity (Wildman–Crippen MR) is 112 cm³/mol. The number of fused-ring (bicyclic) bond motifs is 1. The highest BCUT2D eigenvalue weighted by molar-refractivity contribution is 6.03. The second kappa shape index (κ2) is 6.80. The van der Waals surface area contributed by atoms with Gasteiger partial charge in [-0.2, -0.15) is 5.10 Å². The number of aromatic nitrogens is 2. The van der Waals surface area contributed by atoms with Crippen molar-refractivity contribution in [3.63, 3.8) is 0 Å². The van der Waals surface area contributed by atoms with Crippen molar-refractivity contribution in [2.75, 3.05) is 18.5 Å². The molecule has 0 radical (unpaired) electrons. The number of nitrogens with zero attached hydrogens (tertiary/aromatic N) is 3. The molecule has 1 N–H and O–H groups in total. The Hall–Kier alpha value is -2.93. The molecular weight excluding hydrogens is 380 g/mol. The molecule has 3 aliphatic rings. The van der Waals surface area contributed by atoms with Crippen LogP contribution in [0.1, 0.15) is 31.0 Å². The van der Waals surface area contributed by atoms with Gasteiger partial charge in [0.25, 0.3) is 0 Å². The fourth-order valence-corrected chi connectivity index (χ4v) is 5.00. The van der Waals surface area contributed by atoms with Crippen molar-refractivity contribution in [1.29, 1.82) is 0 Å². The SMILES string of the molecule is CC(C)c1ccc(N2C[C@]34C=C[C@H](O3)[C@@H](C(=O)N(C)Cc3ccn[nH]3)[C@@H]4C2=O)cc1. The van der Waals surface area contributed by atoms with Crippen molar-refractivity contribution in [3.05, 3.63) is 59.9 Å². The molecule has 2 fully saturated rings. The molecule has 2 amide bonds. The van der Waals surface area contributed by atoms with Crippen LogP contribution in [0.4, 0.5) is 5.69 Å². The summed E-state index contributed by atoms with van der Waals surface area (Å²) in [6.45, 7) is 5.15. The number of hydrogen-bond acceptors (Lipinski definition) is 4. The Bertz CT molecular complexity index is 998. The van der Waals surface area contributed by atoms with Crippen LogP contribution >= 0.6 is 0 Å². The maximum absolute atomic E-state index is 13.5. The molecule has 0 saturated carbocycles. The number of aromatic amines is 1. The maximum atomic E-state index is 13.5. The predicted octanol–water partition coefficient (Wildman–Crippen LogP) is 2.48. The van der Waals surface area contributed by atoms with E-state index in [0.29, 0.717) is 19.0 Å². The molecule has 30 heavy (non-hydrogen) atoms. The second-order valence-corrected chi connectivity index (χ2v) is 8.85. The largest absolute Gasteiger partial charge is 0.360 e. The number of nitrogens with one attached hydrogen (secondary N) is 1. The number of carbonyl (C=O) groups excluding carboxylic acids is 2. The number of rotatable bonds is 5. The molecule has 4 atom stereocenters. The van der Waals surface area contributed by atoms with Gasteiger partial charge < -0.3 is 14.5 Å². The molecule has 5 rings (SSSR count). The lowest BCUT2D eigenvalue weighted by Gasteiger charge is -2.27. The summed E-state index contributed by atoms with van der Waals surface area (Å²) in [7, 11) is 1.76. The highest BCUT2D eigenvalue weighted by atomic mass is 16.5. The van der Waals surface area contributed by atoms with Gasteiger partial charge in [-0.05, 0) is 29.7 Å². The Morgan fingerprint density at radius 3 is 2.77 bits per heavy atom. The summed E-state index contributed by atoms with van der Waals surface area (Å²) in [6, 6.07) is 9.94. The van der Waals surface area contributed by atoms with E-state index in [1.54, 1.807) is 23.0 Å². The quantitative estimate of drug-likeness (QED) is 0.774. The van der Waals surface area contributed by atoms with Gasteiger partial charge in [-0.15, -0.1) is 0 Å². The number of ether oxygens (including phenoxy) is 1.